The van der Waals surface area contributed by atoms with Gasteiger partial charge in [-0.15, -0.1) is 0 Å². The largest absolute Gasteiger partial charge is 0.491 e. The molecular weight excluding hydrogens is 1510 g/mol. The first-order valence-electron chi connectivity index (χ1n) is 35.9. The molecule has 6 aromatic rings. The average Bonchev–Trinajstić information content (AvgIpc) is 0.847. The van der Waals surface area contributed by atoms with E-state index in [1.54, 1.807) is 60.9 Å². The molecule has 34 heteroatoms. The second-order valence-corrected chi connectivity index (χ2v) is 26.2. The van der Waals surface area contributed by atoms with Crippen LogP contribution in [0, 0.1) is 0 Å². The van der Waals surface area contributed by atoms with E-state index in [0.29, 0.717) is 87.3 Å². The summed E-state index contributed by atoms with van der Waals surface area (Å²) < 4.78 is 55.9. The third-order valence-electron chi connectivity index (χ3n) is 15.6. The van der Waals surface area contributed by atoms with E-state index in [9.17, 15) is 48.6 Å². The minimum absolute atomic E-state index is 0.0339. The maximum absolute atomic E-state index is 13.7. The average molecular weight is 1610 g/mol. The molecule has 0 aliphatic carbocycles. The number of pyridine rings is 2. The molecule has 2 heterocycles. The number of carbonyl (C=O) groups is 8. The smallest absolute Gasteiger partial charge is 0.407 e. The van der Waals surface area contributed by atoms with Crippen LogP contribution < -0.4 is 52.0 Å². The fourth-order valence-electron chi connectivity index (χ4n) is 10.2. The van der Waals surface area contributed by atoms with Gasteiger partial charge in [0.2, 0.25) is 23.6 Å². The zero-order valence-corrected chi connectivity index (χ0v) is 63.9. The number of carboxylic acid groups (broad SMARTS) is 2. The number of aromatic nitrogens is 2. The summed E-state index contributed by atoms with van der Waals surface area (Å²) in [6, 6.07) is 29.9. The standard InChI is InChI=1S/C76H96Cl4N10O20/c77-57-41-55(42-58(78)45-57)63(47-71(93)94)89-73(97)65(87-69(91)13-3-7-25-83-67-11-1-5-23-81-67)51-105-49-53-15-19-61(20-16-53)107-37-33-101-29-31-103-35-39-109-75(99)85-27-9-10-28-86-76(100)110-40-36-104-32-30-102-34-38-108-62-21-17-54(18-22-62)50-106-52-66(88-70(92)14-4-8-26-84-68-12-2-6-24-82-68)74(98)90-64(48-72(95)96)56-43-59(79)46-60(80)44-56/h1-2,5-6,11-12,15-24,41-46,63-66H,3-4,7-10,13-14,25-40,47-52H2,(H,81,83)(H,82,84)(H,85,99)(H,86,100)(H,87,91)(H,88,92)(H,89,97)(H,90,98)(H,93,94)(H,95,96)/t63?,64?,65-,66-/m0/s1. The van der Waals surface area contributed by atoms with E-state index in [1.807, 2.05) is 36.4 Å². The summed E-state index contributed by atoms with van der Waals surface area (Å²) >= 11 is 24.8. The van der Waals surface area contributed by atoms with E-state index in [1.165, 1.54) is 36.4 Å². The fraction of sp³-hybridized carbons (Fsp3) is 0.447. The number of amides is 6. The van der Waals surface area contributed by atoms with Crippen molar-refractivity contribution in [2.75, 3.05) is 129 Å². The van der Waals surface area contributed by atoms with Gasteiger partial charge in [-0.2, -0.15) is 0 Å². The van der Waals surface area contributed by atoms with Crippen molar-refractivity contribution in [3.05, 3.63) is 176 Å². The lowest BCUT2D eigenvalue weighted by atomic mass is 10.0. The number of rotatable bonds is 57. The number of unbranched alkanes of at least 4 members (excludes halogenated alkanes) is 3. The maximum Gasteiger partial charge on any atom is 0.407 e. The Morgan fingerprint density at radius 1 is 0.391 bits per heavy atom. The maximum atomic E-state index is 13.7. The molecule has 110 heavy (non-hydrogen) atoms. The van der Waals surface area contributed by atoms with Crippen molar-refractivity contribution < 1.29 is 95.9 Å². The molecule has 0 aliphatic rings. The van der Waals surface area contributed by atoms with Crippen LogP contribution in [-0.2, 0) is 79.9 Å². The van der Waals surface area contributed by atoms with Gasteiger partial charge >= 0.3 is 24.1 Å². The van der Waals surface area contributed by atoms with Crippen LogP contribution in [0.3, 0.4) is 0 Å². The number of ether oxygens (including phenoxy) is 10. The lowest BCUT2D eigenvalue weighted by Gasteiger charge is -2.23. The van der Waals surface area contributed by atoms with E-state index in [4.69, 9.17) is 93.8 Å². The molecule has 2 unspecified atom stereocenters. The Balaban J connectivity index is 0.725. The third-order valence-corrected chi connectivity index (χ3v) is 16.5. The molecule has 6 rings (SSSR count). The molecule has 6 amide bonds. The van der Waals surface area contributed by atoms with Crippen LogP contribution in [-0.4, -0.2) is 199 Å². The molecule has 0 saturated heterocycles. The van der Waals surface area contributed by atoms with Crippen LogP contribution in [0.25, 0.3) is 0 Å². The number of nitrogens with zero attached hydrogens (tertiary/aromatic N) is 2. The molecule has 10 N–H and O–H groups in total. The quantitative estimate of drug-likeness (QED) is 0.0159. The van der Waals surface area contributed by atoms with Gasteiger partial charge in [0.05, 0.1) is 104 Å². The number of benzene rings is 4. The third kappa shape index (κ3) is 39.9. The molecule has 0 radical (unpaired) electrons. The number of hydrogen-bond acceptors (Lipinski definition) is 22. The monoisotopic (exact) mass is 1610 g/mol. The number of carbonyl (C=O) groups excluding carboxylic acids is 6. The van der Waals surface area contributed by atoms with Crippen LogP contribution >= 0.6 is 46.4 Å². The van der Waals surface area contributed by atoms with Gasteiger partial charge in [0.25, 0.3) is 0 Å². The molecule has 0 spiro atoms. The summed E-state index contributed by atoms with van der Waals surface area (Å²) in [6.07, 6.45) is 5.00. The summed E-state index contributed by atoms with van der Waals surface area (Å²) in [6.45, 7) is 4.11. The number of nitrogens with one attached hydrogen (secondary N) is 8. The van der Waals surface area contributed by atoms with Gasteiger partial charge in [0.15, 0.2) is 0 Å². The molecule has 4 aromatic carbocycles. The van der Waals surface area contributed by atoms with Crippen molar-refractivity contribution in [3.63, 3.8) is 0 Å². The number of aliphatic carboxylic acids is 2. The summed E-state index contributed by atoms with van der Waals surface area (Å²) in [5.74, 6) is -1.83. The Kier molecular flexibility index (Phi) is 43.6. The van der Waals surface area contributed by atoms with Crippen LogP contribution in [0.4, 0.5) is 21.2 Å². The van der Waals surface area contributed by atoms with Crippen molar-refractivity contribution in [2.45, 2.75) is 102 Å². The molecule has 4 atom stereocenters. The Hall–Kier alpha value is -9.34. The van der Waals surface area contributed by atoms with Crippen LogP contribution in [0.15, 0.2) is 134 Å². The SMILES string of the molecule is O=C(O)CC(NC(=O)[C@H](COCc1ccc(OCCOCCOCCOC(=O)NCCCCNC(=O)OCCOCCOCCOc2ccc(COC[C@H](NC(=O)CCCCNc3ccccn3)C(=O)NC(CC(=O)O)c3cc(Cl)cc(Cl)c3)cc2)cc1)NC(=O)CCCCNc1ccccn1)c1cc(Cl)cc(Cl)c1. The van der Waals surface area contributed by atoms with Gasteiger partial charge in [0, 0.05) is 71.5 Å². The highest BCUT2D eigenvalue weighted by Crippen LogP contribution is 2.28. The molecule has 0 fully saturated rings. The predicted octanol–water partition coefficient (Wildman–Crippen LogP) is 10.1. The number of hydrogen-bond donors (Lipinski definition) is 10. The van der Waals surface area contributed by atoms with Gasteiger partial charge < -0.3 is 100 Å². The second-order valence-electron chi connectivity index (χ2n) is 24.5. The van der Waals surface area contributed by atoms with Gasteiger partial charge in [0.1, 0.15) is 61.6 Å². The van der Waals surface area contributed by atoms with Crippen molar-refractivity contribution in [1.82, 2.24) is 41.9 Å². The lowest BCUT2D eigenvalue weighted by molar-refractivity contribution is -0.139. The first-order chi connectivity index (χ1) is 53.3. The fourth-order valence-corrected chi connectivity index (χ4v) is 11.3. The molecule has 0 bridgehead atoms. The highest BCUT2D eigenvalue weighted by atomic mass is 35.5. The summed E-state index contributed by atoms with van der Waals surface area (Å²) in [5.41, 5.74) is 2.27. The van der Waals surface area contributed by atoms with E-state index >= 15 is 0 Å². The second kappa shape index (κ2) is 53.5. The minimum Gasteiger partial charge on any atom is -0.491 e. The zero-order chi connectivity index (χ0) is 78.8. The van der Waals surface area contributed by atoms with Gasteiger partial charge in [-0.3, -0.25) is 28.8 Å². The van der Waals surface area contributed by atoms with E-state index in [2.05, 4.69) is 52.5 Å². The van der Waals surface area contributed by atoms with Crippen LogP contribution in [0.1, 0.15) is 98.5 Å². The molecule has 30 nitrogen and oxygen atoms in total. The minimum atomic E-state index is -1.17. The molecule has 598 valence electrons. The first kappa shape index (κ1) is 89.6. The number of anilines is 2. The Bertz CT molecular complexity index is 3440. The lowest BCUT2D eigenvalue weighted by Crippen LogP contribution is -2.50. The Labute approximate surface area is 658 Å². The number of alkyl carbamates (subject to hydrolysis) is 2. The summed E-state index contributed by atoms with van der Waals surface area (Å²) in [5, 5.41) is 43.0. The predicted molar refractivity (Wildman–Crippen MR) is 411 cm³/mol. The Morgan fingerprint density at radius 2 is 0.745 bits per heavy atom. The first-order valence-corrected chi connectivity index (χ1v) is 37.4. The molecule has 2 aromatic heterocycles. The van der Waals surface area contributed by atoms with Crippen LogP contribution in [0.2, 0.25) is 20.1 Å². The Morgan fingerprint density at radius 3 is 1.10 bits per heavy atom. The van der Waals surface area contributed by atoms with Crippen molar-refractivity contribution in [1.29, 1.82) is 0 Å². The van der Waals surface area contributed by atoms with Gasteiger partial charge in [-0.05, 0) is 146 Å². The highest BCUT2D eigenvalue weighted by Gasteiger charge is 2.29. The van der Waals surface area contributed by atoms with E-state index in [0.717, 1.165) is 22.8 Å². The van der Waals surface area contributed by atoms with Crippen molar-refractivity contribution in [2.24, 2.45) is 0 Å². The van der Waals surface area contributed by atoms with Gasteiger partial charge in [-0.1, -0.05) is 82.8 Å². The molecular formula is C76H96Cl4N10O20. The van der Waals surface area contributed by atoms with Crippen molar-refractivity contribution >= 4 is 106 Å². The topological polar surface area (TPSA) is 391 Å². The number of carboxylic acids is 2. The highest BCUT2D eigenvalue weighted by molar-refractivity contribution is 6.35. The number of halogens is 4. The van der Waals surface area contributed by atoms with E-state index < -0.39 is 72.9 Å². The van der Waals surface area contributed by atoms with E-state index in [-0.39, 0.29) is 150 Å². The van der Waals surface area contributed by atoms with Gasteiger partial charge in [-0.25, -0.2) is 19.6 Å². The molecule has 0 saturated carbocycles. The van der Waals surface area contributed by atoms with Crippen LogP contribution in [0.5, 0.6) is 11.5 Å². The summed E-state index contributed by atoms with van der Waals surface area (Å²) in [7, 11) is 0. The summed E-state index contributed by atoms with van der Waals surface area (Å²) in [4.78, 5) is 110. The van der Waals surface area contributed by atoms with Crippen molar-refractivity contribution in [3.8, 4) is 11.5 Å². The molecule has 0 aliphatic heterocycles. The zero-order valence-electron chi connectivity index (χ0n) is 60.9. The normalized spacial score (nSPS) is 12.1.